The maximum absolute atomic E-state index is 14.0. The minimum atomic E-state index is -1.28. The maximum Gasteiger partial charge on any atom is 0.290 e. The number of rotatable bonds is 30. The summed E-state index contributed by atoms with van der Waals surface area (Å²) >= 11 is 0.805. The predicted molar refractivity (Wildman–Crippen MR) is 247 cm³/mol. The lowest BCUT2D eigenvalue weighted by Gasteiger charge is -2.26. The van der Waals surface area contributed by atoms with Gasteiger partial charge in [0.15, 0.2) is 23.8 Å². The first-order valence-corrected chi connectivity index (χ1v) is 21.3. The van der Waals surface area contributed by atoms with Crippen LogP contribution in [0, 0.1) is 0 Å². The number of carbonyl (C=O) groups excluding carboxylic acids is 7. The molecule has 23 N–H and O–H groups in total. The van der Waals surface area contributed by atoms with E-state index >= 15 is 0 Å². The number of aliphatic imine (C=N–C) groups is 4. The van der Waals surface area contributed by atoms with Crippen molar-refractivity contribution in [1.82, 2.24) is 26.6 Å². The normalized spacial score (nSPS) is 14.3. The van der Waals surface area contributed by atoms with Crippen LogP contribution in [0.4, 0.5) is 4.79 Å². The van der Waals surface area contributed by atoms with Gasteiger partial charge in [-0.15, -0.1) is 0 Å². The van der Waals surface area contributed by atoms with Gasteiger partial charge in [0.25, 0.3) is 11.1 Å². The van der Waals surface area contributed by atoms with Crippen molar-refractivity contribution in [3.05, 3.63) is 34.7 Å². The van der Waals surface area contributed by atoms with Crippen LogP contribution in [0.5, 0.6) is 5.75 Å². The van der Waals surface area contributed by atoms with Gasteiger partial charge in [-0.25, -0.2) is 0 Å². The van der Waals surface area contributed by atoms with E-state index in [1.54, 1.807) is 30.3 Å². The molecule has 1 saturated heterocycles. The molecule has 1 aromatic rings. The van der Waals surface area contributed by atoms with Crippen LogP contribution >= 0.6 is 11.8 Å². The summed E-state index contributed by atoms with van der Waals surface area (Å²) in [5.74, 6) is -4.25. The highest BCUT2D eigenvalue weighted by Crippen LogP contribution is 2.26. The maximum atomic E-state index is 14.0. The van der Waals surface area contributed by atoms with E-state index in [1.807, 2.05) is 0 Å². The number of guanidine groups is 4. The summed E-state index contributed by atoms with van der Waals surface area (Å²) in [6.45, 7) is 0.628. The molecule has 1 aromatic carbocycles. The van der Waals surface area contributed by atoms with Crippen molar-refractivity contribution in [2.45, 2.75) is 88.4 Å². The lowest BCUT2D eigenvalue weighted by Crippen LogP contribution is -2.58. The Hall–Kier alpha value is -7.32. The quantitative estimate of drug-likeness (QED) is 0.0151. The molecular weight excluding hydrogens is 869 g/mol. The minimum absolute atomic E-state index is 0.00166. The molecule has 1 aliphatic heterocycles. The number of amides is 7. The lowest BCUT2D eigenvalue weighted by molar-refractivity contribution is -0.134. The van der Waals surface area contributed by atoms with Gasteiger partial charge in [0.05, 0.1) is 11.5 Å². The summed E-state index contributed by atoms with van der Waals surface area (Å²) in [7, 11) is 0. The van der Waals surface area contributed by atoms with E-state index in [4.69, 9.17) is 56.3 Å². The molecule has 7 amide bonds. The zero-order valence-corrected chi connectivity index (χ0v) is 36.8. The summed E-state index contributed by atoms with van der Waals surface area (Å²) in [5.41, 5.74) is 49.7. The number of nitrogens with two attached hydrogens (primary N) is 9. The molecule has 27 heteroatoms. The number of hydrogen-bond acceptors (Lipinski definition) is 13. The molecule has 0 aliphatic carbocycles. The Morgan fingerprint density at radius 1 is 0.585 bits per heavy atom. The van der Waals surface area contributed by atoms with Crippen molar-refractivity contribution in [3.63, 3.8) is 0 Å². The van der Waals surface area contributed by atoms with E-state index in [0.29, 0.717) is 11.3 Å². The molecule has 2 rings (SSSR count). The second kappa shape index (κ2) is 29.1. The Bertz CT molecular complexity index is 1940. The number of thioether (sulfide) groups is 1. The summed E-state index contributed by atoms with van der Waals surface area (Å²) in [6.07, 6.45) is 2.91. The number of hydrogen-bond donors (Lipinski definition) is 14. The number of carbonyl (C=O) groups is 7. The predicted octanol–water partition coefficient (Wildman–Crippen LogP) is -4.19. The van der Waals surface area contributed by atoms with E-state index in [9.17, 15) is 33.6 Å². The fourth-order valence-corrected chi connectivity index (χ4v) is 6.53. The van der Waals surface area contributed by atoms with Gasteiger partial charge < -0.3 is 77.6 Å². The van der Waals surface area contributed by atoms with Crippen LogP contribution in [0.1, 0.15) is 69.8 Å². The summed E-state index contributed by atoms with van der Waals surface area (Å²) < 4.78 is 5.76. The van der Waals surface area contributed by atoms with Gasteiger partial charge in [-0.3, -0.25) is 58.8 Å². The highest BCUT2D eigenvalue weighted by atomic mass is 32.2. The zero-order valence-electron chi connectivity index (χ0n) is 36.0. The second-order valence-electron chi connectivity index (χ2n) is 14.4. The van der Waals surface area contributed by atoms with Gasteiger partial charge in [0.1, 0.15) is 29.9 Å². The Balaban J connectivity index is 2.21. The standard InChI is InChI=1S/C38H62N18O8S/c39-29(58)23(6-1-15-48-34(40)41)53-31(60)25(8-3-17-50-36(44)45)55-32(61)26(9-4-18-51-37(46)47)54-30(59)24(7-2-16-49-35(42)43)52-28(57)10-5-19-64-22-13-11-21(12-14-22)20-27-33(62)56-38(63)65-27/h11-14,20,23-26H,1-10,15-19H2,(H2,39,58)(H,52,57)(H,53,60)(H,54,59)(H,55,61)(H4,40,41,48)(H4,42,43,49)(H4,44,45,50)(H4,46,47,51)(H,56,62,63)/b27-20-/t23-,24-,25-,26-/m0/s1. The van der Waals surface area contributed by atoms with E-state index in [1.165, 1.54) is 0 Å². The largest absolute Gasteiger partial charge is 0.494 e. The zero-order chi connectivity index (χ0) is 48.3. The highest BCUT2D eigenvalue weighted by Gasteiger charge is 2.31. The molecule has 0 spiro atoms. The van der Waals surface area contributed by atoms with Crippen LogP contribution in [0.15, 0.2) is 49.1 Å². The first-order chi connectivity index (χ1) is 30.8. The summed E-state index contributed by atoms with van der Waals surface area (Å²) in [4.78, 5) is 106. The highest BCUT2D eigenvalue weighted by molar-refractivity contribution is 8.18. The van der Waals surface area contributed by atoms with Crippen molar-refractivity contribution >= 4 is 82.4 Å². The van der Waals surface area contributed by atoms with E-state index in [2.05, 4.69) is 46.6 Å². The first-order valence-electron chi connectivity index (χ1n) is 20.5. The number of ether oxygens (including phenoxy) is 1. The first kappa shape index (κ1) is 53.8. The average Bonchev–Trinajstić information content (AvgIpc) is 3.55. The number of primary amides is 1. The molecule has 0 aromatic heterocycles. The summed E-state index contributed by atoms with van der Waals surface area (Å²) in [5, 5.41) is 12.4. The van der Waals surface area contributed by atoms with Crippen LogP contribution in [0.3, 0.4) is 0 Å². The number of nitrogens with one attached hydrogen (secondary N) is 5. The van der Waals surface area contributed by atoms with E-state index in [0.717, 1.165) is 11.8 Å². The number of imide groups is 1. The topological polar surface area (TPSA) is 472 Å². The Morgan fingerprint density at radius 3 is 1.37 bits per heavy atom. The SMILES string of the molecule is NC(=O)[C@H](CCCN=C(N)N)NC(=O)[C@H](CCCN=C(N)N)NC(=O)[C@H](CCCN=C(N)N)NC(=O)[C@H](CCCN=C(N)N)NC(=O)CCCOc1ccc(/C=C2\SC(=O)NC2=O)cc1. The molecule has 65 heavy (non-hydrogen) atoms. The van der Waals surface area contributed by atoms with Crippen molar-refractivity contribution in [3.8, 4) is 5.75 Å². The molecule has 1 fully saturated rings. The number of nitrogens with zero attached hydrogens (tertiary/aromatic N) is 4. The lowest BCUT2D eigenvalue weighted by atomic mass is 10.0. The molecular formula is C38H62N18O8S. The van der Waals surface area contributed by atoms with Crippen LogP contribution < -0.4 is 82.9 Å². The Labute approximate surface area is 379 Å². The molecule has 0 saturated carbocycles. The minimum Gasteiger partial charge on any atom is -0.494 e. The second-order valence-corrected chi connectivity index (χ2v) is 15.4. The van der Waals surface area contributed by atoms with Gasteiger partial charge in [0.2, 0.25) is 29.5 Å². The molecule has 0 bridgehead atoms. The molecule has 1 heterocycles. The molecule has 0 radical (unpaired) electrons. The molecule has 26 nitrogen and oxygen atoms in total. The van der Waals surface area contributed by atoms with Crippen molar-refractivity contribution in [2.24, 2.45) is 71.6 Å². The van der Waals surface area contributed by atoms with Gasteiger partial charge in [-0.1, -0.05) is 12.1 Å². The van der Waals surface area contributed by atoms with E-state index in [-0.39, 0.29) is 126 Å². The average molecular weight is 931 g/mol. The molecule has 4 atom stereocenters. The van der Waals surface area contributed by atoms with Crippen molar-refractivity contribution < 1.29 is 38.3 Å². The van der Waals surface area contributed by atoms with Crippen LogP contribution in [-0.4, -0.2) is 121 Å². The van der Waals surface area contributed by atoms with Crippen molar-refractivity contribution in [2.75, 3.05) is 32.8 Å². The Kier molecular flexibility index (Phi) is 24.1. The van der Waals surface area contributed by atoms with Crippen molar-refractivity contribution in [1.29, 1.82) is 0 Å². The van der Waals surface area contributed by atoms with E-state index < -0.39 is 64.8 Å². The Morgan fingerprint density at radius 2 is 0.985 bits per heavy atom. The third-order valence-electron chi connectivity index (χ3n) is 9.00. The smallest absolute Gasteiger partial charge is 0.290 e. The monoisotopic (exact) mass is 930 g/mol. The number of benzene rings is 1. The van der Waals surface area contributed by atoms with Crippen LogP contribution in [-0.2, 0) is 28.8 Å². The third kappa shape index (κ3) is 23.1. The van der Waals surface area contributed by atoms with Crippen LogP contribution in [0.2, 0.25) is 0 Å². The fourth-order valence-electron chi connectivity index (χ4n) is 5.85. The van der Waals surface area contributed by atoms with Gasteiger partial charge in [-0.05, 0) is 93.3 Å². The third-order valence-corrected chi connectivity index (χ3v) is 9.81. The van der Waals surface area contributed by atoms with Gasteiger partial charge >= 0.3 is 0 Å². The fraction of sp³-hybridized carbons (Fsp3) is 0.500. The molecule has 358 valence electrons. The summed E-state index contributed by atoms with van der Waals surface area (Å²) in [6, 6.07) is 1.92. The van der Waals surface area contributed by atoms with Gasteiger partial charge in [0, 0.05) is 32.6 Å². The molecule has 0 unspecified atom stereocenters. The van der Waals surface area contributed by atoms with Crippen LogP contribution in [0.25, 0.3) is 6.08 Å². The molecule has 1 aliphatic rings. The van der Waals surface area contributed by atoms with Gasteiger partial charge in [-0.2, -0.15) is 0 Å².